The molecule has 1 aliphatic carbocycles. The Kier molecular flexibility index (Phi) is 7.71. The highest BCUT2D eigenvalue weighted by molar-refractivity contribution is 5.80. The van der Waals surface area contributed by atoms with Crippen LogP contribution >= 0.6 is 0 Å². The molecule has 1 aliphatic rings. The summed E-state index contributed by atoms with van der Waals surface area (Å²) in [5, 5.41) is 0. The van der Waals surface area contributed by atoms with Crippen molar-refractivity contribution in [2.75, 3.05) is 0 Å². The smallest absolute Gasteiger partial charge is 0.137 e. The molecule has 0 unspecified atom stereocenters. The predicted octanol–water partition coefficient (Wildman–Crippen LogP) is 6.02. The van der Waals surface area contributed by atoms with Crippen molar-refractivity contribution in [3.8, 4) is 0 Å². The van der Waals surface area contributed by atoms with Crippen molar-refractivity contribution in [2.24, 2.45) is 11.8 Å². The third kappa shape index (κ3) is 7.45. The minimum absolute atomic E-state index is 0.396. The molecule has 1 heteroatoms. The van der Waals surface area contributed by atoms with Crippen molar-refractivity contribution in [2.45, 2.75) is 72.6 Å². The minimum Gasteiger partial charge on any atom is -0.299 e. The second-order valence-electron chi connectivity index (χ2n) is 7.02. The Morgan fingerprint density at radius 2 is 1.90 bits per heavy atom. The fourth-order valence-electron chi connectivity index (χ4n) is 2.99. The second-order valence-corrected chi connectivity index (χ2v) is 7.02. The third-order valence-corrected chi connectivity index (χ3v) is 4.54. The zero-order valence-corrected chi connectivity index (χ0v) is 14.4. The lowest BCUT2D eigenvalue weighted by molar-refractivity contribution is -0.119. The zero-order chi connectivity index (χ0) is 15.8. The summed E-state index contributed by atoms with van der Waals surface area (Å²) in [5.41, 5.74) is 3.97. The number of Topliss-reactive ketones (excluding diaryl/α,β-unsaturated/α-hetero) is 1. The van der Waals surface area contributed by atoms with Gasteiger partial charge in [0.1, 0.15) is 5.78 Å². The Labute approximate surface area is 131 Å². The highest BCUT2D eigenvalue weighted by Gasteiger charge is 2.14. The van der Waals surface area contributed by atoms with Crippen LogP contribution in [0.4, 0.5) is 0 Å². The molecule has 0 radical (unpaired) electrons. The van der Waals surface area contributed by atoms with Crippen LogP contribution in [0.1, 0.15) is 72.6 Å². The van der Waals surface area contributed by atoms with E-state index >= 15 is 0 Å². The van der Waals surface area contributed by atoms with Crippen LogP contribution in [0.5, 0.6) is 0 Å². The molecule has 0 bridgehead atoms. The molecular formula is C20H32O. The predicted molar refractivity (Wildman–Crippen MR) is 92.3 cm³/mol. The molecule has 1 rings (SSSR count). The van der Waals surface area contributed by atoms with Crippen LogP contribution < -0.4 is 0 Å². The van der Waals surface area contributed by atoms with Gasteiger partial charge in [-0.3, -0.25) is 4.79 Å². The lowest BCUT2D eigenvalue weighted by atomic mass is 9.86. The Morgan fingerprint density at radius 3 is 2.57 bits per heavy atom. The summed E-state index contributed by atoms with van der Waals surface area (Å²) >= 11 is 0. The third-order valence-electron chi connectivity index (χ3n) is 4.54. The van der Waals surface area contributed by atoms with Gasteiger partial charge in [0, 0.05) is 12.8 Å². The normalized spacial score (nSPS) is 31.5. The van der Waals surface area contributed by atoms with Crippen LogP contribution in [0, 0.1) is 11.8 Å². The SMILES string of the molecule is C=C(C)[C@H]1C/C=C(\C)CC/C=C(\C)CC(=O)C[C@@H](C)CC1. The van der Waals surface area contributed by atoms with E-state index in [1.54, 1.807) is 0 Å². The summed E-state index contributed by atoms with van der Waals surface area (Å²) in [6.07, 6.45) is 11.5. The number of ketones is 1. The van der Waals surface area contributed by atoms with E-state index < -0.39 is 0 Å². The molecule has 0 saturated heterocycles. The molecule has 0 heterocycles. The van der Waals surface area contributed by atoms with E-state index in [2.05, 4.69) is 46.4 Å². The first-order valence-corrected chi connectivity index (χ1v) is 8.36. The van der Waals surface area contributed by atoms with Gasteiger partial charge in [-0.15, -0.1) is 0 Å². The summed E-state index contributed by atoms with van der Waals surface area (Å²) < 4.78 is 0. The summed E-state index contributed by atoms with van der Waals surface area (Å²) in [7, 11) is 0. The molecule has 0 aromatic carbocycles. The number of carbonyl (C=O) groups excluding carboxylic acids is 1. The molecule has 21 heavy (non-hydrogen) atoms. The summed E-state index contributed by atoms with van der Waals surface area (Å²) in [6.45, 7) is 12.8. The number of hydrogen-bond donors (Lipinski definition) is 0. The average Bonchev–Trinajstić information content (AvgIpc) is 2.36. The van der Waals surface area contributed by atoms with Gasteiger partial charge in [-0.25, -0.2) is 0 Å². The molecular weight excluding hydrogens is 256 g/mol. The van der Waals surface area contributed by atoms with Gasteiger partial charge in [0.2, 0.25) is 0 Å². The first kappa shape index (κ1) is 17.9. The molecule has 0 fully saturated rings. The monoisotopic (exact) mass is 288 g/mol. The van der Waals surface area contributed by atoms with Crippen LogP contribution in [-0.2, 0) is 4.79 Å². The van der Waals surface area contributed by atoms with Crippen molar-refractivity contribution >= 4 is 5.78 Å². The first-order valence-electron chi connectivity index (χ1n) is 8.36. The van der Waals surface area contributed by atoms with E-state index in [9.17, 15) is 4.79 Å². The molecule has 0 spiro atoms. The minimum atomic E-state index is 0.396. The van der Waals surface area contributed by atoms with Gasteiger partial charge in [-0.05, 0) is 64.7 Å². The maximum atomic E-state index is 12.1. The Hall–Kier alpha value is -1.11. The van der Waals surface area contributed by atoms with Crippen molar-refractivity contribution in [3.05, 3.63) is 35.5 Å². The van der Waals surface area contributed by atoms with E-state index in [4.69, 9.17) is 0 Å². The summed E-state index contributed by atoms with van der Waals surface area (Å²) in [6, 6.07) is 0. The van der Waals surface area contributed by atoms with E-state index in [1.165, 1.54) is 16.7 Å². The quantitative estimate of drug-likeness (QED) is 0.539. The molecule has 0 aromatic heterocycles. The highest BCUT2D eigenvalue weighted by Crippen LogP contribution is 2.26. The molecule has 0 amide bonds. The fourth-order valence-corrected chi connectivity index (χ4v) is 2.99. The van der Waals surface area contributed by atoms with E-state index in [-0.39, 0.29) is 0 Å². The fraction of sp³-hybridized carbons (Fsp3) is 0.650. The standard InChI is InChI=1S/C20H32O/c1-15(2)19-11-9-16(3)7-6-8-17(4)13-20(21)14-18(5)10-12-19/h8-9,18-19H,1,6-7,10-14H2,2-5H3/b16-9+,17-8+/t18-,19-/m0/s1. The van der Waals surface area contributed by atoms with Gasteiger partial charge in [0.05, 0.1) is 0 Å². The number of rotatable bonds is 1. The lowest BCUT2D eigenvalue weighted by Crippen LogP contribution is -2.09. The van der Waals surface area contributed by atoms with Crippen LogP contribution in [0.15, 0.2) is 35.5 Å². The summed E-state index contributed by atoms with van der Waals surface area (Å²) in [4.78, 5) is 12.1. The molecule has 0 saturated carbocycles. The zero-order valence-electron chi connectivity index (χ0n) is 14.4. The molecule has 0 aromatic rings. The highest BCUT2D eigenvalue weighted by atomic mass is 16.1. The van der Waals surface area contributed by atoms with Gasteiger partial charge >= 0.3 is 0 Å². The largest absolute Gasteiger partial charge is 0.299 e. The molecule has 0 N–H and O–H groups in total. The van der Waals surface area contributed by atoms with Gasteiger partial charge in [-0.2, -0.15) is 0 Å². The average molecular weight is 288 g/mol. The molecule has 0 aliphatic heterocycles. The van der Waals surface area contributed by atoms with Crippen LogP contribution in [0.25, 0.3) is 0 Å². The van der Waals surface area contributed by atoms with Crippen molar-refractivity contribution in [1.29, 1.82) is 0 Å². The van der Waals surface area contributed by atoms with Crippen molar-refractivity contribution < 1.29 is 4.79 Å². The Morgan fingerprint density at radius 1 is 1.19 bits per heavy atom. The molecule has 2 atom stereocenters. The van der Waals surface area contributed by atoms with E-state index in [1.807, 2.05) is 0 Å². The molecule has 118 valence electrons. The van der Waals surface area contributed by atoms with Crippen LogP contribution in [-0.4, -0.2) is 5.78 Å². The summed E-state index contributed by atoms with van der Waals surface area (Å²) in [5.74, 6) is 1.45. The first-order chi connectivity index (χ1) is 9.88. The topological polar surface area (TPSA) is 17.1 Å². The van der Waals surface area contributed by atoms with Crippen LogP contribution in [0.3, 0.4) is 0 Å². The number of carbonyl (C=O) groups is 1. The van der Waals surface area contributed by atoms with Crippen molar-refractivity contribution in [1.82, 2.24) is 0 Å². The van der Waals surface area contributed by atoms with Gasteiger partial charge in [0.15, 0.2) is 0 Å². The van der Waals surface area contributed by atoms with Crippen molar-refractivity contribution in [3.63, 3.8) is 0 Å². The second kappa shape index (κ2) is 9.02. The van der Waals surface area contributed by atoms with Crippen LogP contribution in [0.2, 0.25) is 0 Å². The molecule has 1 nitrogen and oxygen atoms in total. The van der Waals surface area contributed by atoms with E-state index in [0.29, 0.717) is 24.0 Å². The number of allylic oxidation sites excluding steroid dienone is 5. The van der Waals surface area contributed by atoms with Gasteiger partial charge in [-0.1, -0.05) is 42.4 Å². The Balaban J connectivity index is 2.79. The van der Waals surface area contributed by atoms with E-state index in [0.717, 1.165) is 38.5 Å². The maximum Gasteiger partial charge on any atom is 0.137 e. The maximum absolute atomic E-state index is 12.1. The Bertz CT molecular complexity index is 425. The van der Waals surface area contributed by atoms with Gasteiger partial charge < -0.3 is 0 Å². The lowest BCUT2D eigenvalue weighted by Gasteiger charge is -2.19. The number of hydrogen-bond acceptors (Lipinski definition) is 1. The van der Waals surface area contributed by atoms with Gasteiger partial charge in [0.25, 0.3) is 0 Å².